The summed E-state index contributed by atoms with van der Waals surface area (Å²) in [7, 11) is 4.30. The van der Waals surface area contributed by atoms with Gasteiger partial charge in [-0.15, -0.1) is 0 Å². The number of para-hydroxylation sites is 1. The van der Waals surface area contributed by atoms with Gasteiger partial charge in [0.2, 0.25) is 0 Å². The second kappa shape index (κ2) is 5.66. The Bertz CT molecular complexity index is 904. The molecule has 1 aliphatic carbocycles. The van der Waals surface area contributed by atoms with E-state index in [9.17, 15) is 0 Å². The molecular weight excluding hydrogens is 294 g/mol. The predicted octanol–water partition coefficient (Wildman–Crippen LogP) is 4.59. The molecule has 0 fully saturated rings. The quantitative estimate of drug-likeness (QED) is 0.689. The molecule has 2 heterocycles. The Balaban J connectivity index is 2.17. The molecule has 124 valence electrons. The van der Waals surface area contributed by atoms with Crippen LogP contribution in [0.1, 0.15) is 35.4 Å². The van der Waals surface area contributed by atoms with E-state index < -0.39 is 0 Å². The fourth-order valence-electron chi connectivity index (χ4n) is 4.15. The van der Waals surface area contributed by atoms with Crippen molar-refractivity contribution in [3.8, 4) is 5.69 Å². The van der Waals surface area contributed by atoms with Crippen molar-refractivity contribution in [3.05, 3.63) is 52.8 Å². The van der Waals surface area contributed by atoms with Gasteiger partial charge < -0.3 is 4.90 Å². The number of anilines is 1. The molecular formula is C21H25N3. The average molecular weight is 319 g/mol. The van der Waals surface area contributed by atoms with Crippen LogP contribution in [0.15, 0.2) is 30.3 Å². The normalized spacial score (nSPS) is 14.0. The van der Waals surface area contributed by atoms with E-state index in [1.807, 2.05) is 0 Å². The minimum Gasteiger partial charge on any atom is -0.377 e. The van der Waals surface area contributed by atoms with E-state index in [4.69, 9.17) is 4.98 Å². The third kappa shape index (κ3) is 2.15. The van der Waals surface area contributed by atoms with Gasteiger partial charge in [-0.2, -0.15) is 0 Å². The number of hydrogen-bond acceptors (Lipinski definition) is 2. The lowest BCUT2D eigenvalue weighted by molar-refractivity contribution is 0.666. The van der Waals surface area contributed by atoms with Gasteiger partial charge in [0, 0.05) is 36.6 Å². The summed E-state index contributed by atoms with van der Waals surface area (Å²) in [6, 6.07) is 10.7. The molecule has 0 N–H and O–H groups in total. The Hall–Kier alpha value is -2.29. The first kappa shape index (κ1) is 15.3. The molecule has 1 aromatic carbocycles. The van der Waals surface area contributed by atoms with Crippen molar-refractivity contribution in [2.45, 2.75) is 39.5 Å². The largest absolute Gasteiger partial charge is 0.377 e. The monoisotopic (exact) mass is 319 g/mol. The zero-order valence-electron chi connectivity index (χ0n) is 15.1. The molecule has 4 rings (SSSR count). The van der Waals surface area contributed by atoms with Crippen LogP contribution in [0.2, 0.25) is 0 Å². The second-order valence-electron chi connectivity index (χ2n) is 7.07. The molecule has 0 unspecified atom stereocenters. The molecule has 24 heavy (non-hydrogen) atoms. The van der Waals surface area contributed by atoms with Gasteiger partial charge in [0.1, 0.15) is 5.65 Å². The van der Waals surface area contributed by atoms with Crippen LogP contribution in [-0.4, -0.2) is 23.6 Å². The number of hydrogen-bond donors (Lipinski definition) is 0. The highest BCUT2D eigenvalue weighted by molar-refractivity contribution is 5.97. The van der Waals surface area contributed by atoms with Gasteiger partial charge in [0.05, 0.1) is 5.69 Å². The molecule has 3 aromatic rings. The van der Waals surface area contributed by atoms with E-state index in [1.54, 1.807) is 0 Å². The van der Waals surface area contributed by atoms with Crippen LogP contribution in [0.25, 0.3) is 16.7 Å². The van der Waals surface area contributed by atoms with Crippen LogP contribution in [0, 0.1) is 13.8 Å². The van der Waals surface area contributed by atoms with Crippen molar-refractivity contribution in [2.75, 3.05) is 19.0 Å². The van der Waals surface area contributed by atoms with Gasteiger partial charge in [-0.05, 0) is 62.8 Å². The van der Waals surface area contributed by atoms with Crippen molar-refractivity contribution in [1.29, 1.82) is 0 Å². The molecule has 0 saturated heterocycles. The van der Waals surface area contributed by atoms with Crippen LogP contribution >= 0.6 is 0 Å². The highest BCUT2D eigenvalue weighted by atomic mass is 15.1. The van der Waals surface area contributed by atoms with Gasteiger partial charge in [-0.25, -0.2) is 4.98 Å². The van der Waals surface area contributed by atoms with E-state index >= 15 is 0 Å². The molecule has 3 heteroatoms. The lowest BCUT2D eigenvalue weighted by Gasteiger charge is -2.20. The summed E-state index contributed by atoms with van der Waals surface area (Å²) in [5.74, 6) is 0. The maximum absolute atomic E-state index is 5.04. The van der Waals surface area contributed by atoms with Crippen LogP contribution in [0.5, 0.6) is 0 Å². The number of rotatable bonds is 2. The van der Waals surface area contributed by atoms with Crippen LogP contribution in [-0.2, 0) is 12.8 Å². The summed E-state index contributed by atoms with van der Waals surface area (Å²) in [5, 5.41) is 1.36. The smallest absolute Gasteiger partial charge is 0.147 e. The first-order valence-electron chi connectivity index (χ1n) is 8.85. The van der Waals surface area contributed by atoms with E-state index in [1.165, 1.54) is 46.4 Å². The fraction of sp³-hybridized carbons (Fsp3) is 0.381. The summed E-state index contributed by atoms with van der Waals surface area (Å²) < 4.78 is 2.41. The van der Waals surface area contributed by atoms with Crippen molar-refractivity contribution in [1.82, 2.24) is 9.55 Å². The van der Waals surface area contributed by atoms with Crippen molar-refractivity contribution in [3.63, 3.8) is 0 Å². The van der Waals surface area contributed by atoms with Gasteiger partial charge >= 0.3 is 0 Å². The fourth-order valence-corrected chi connectivity index (χ4v) is 4.15. The number of fused-ring (bicyclic) bond motifs is 3. The minimum absolute atomic E-state index is 1.12. The summed E-state index contributed by atoms with van der Waals surface area (Å²) in [6.07, 6.45) is 4.86. The molecule has 0 spiro atoms. The number of nitrogens with zero attached hydrogens (tertiary/aromatic N) is 3. The number of aromatic nitrogens is 2. The molecule has 0 bridgehead atoms. The molecule has 3 nitrogen and oxygen atoms in total. The number of aryl methyl sites for hydroxylation is 2. The molecule has 0 atom stereocenters. The maximum Gasteiger partial charge on any atom is 0.147 e. The number of benzene rings is 1. The topological polar surface area (TPSA) is 21.1 Å². The van der Waals surface area contributed by atoms with E-state index in [0.29, 0.717) is 0 Å². The van der Waals surface area contributed by atoms with Gasteiger partial charge in [-0.3, -0.25) is 4.57 Å². The maximum atomic E-state index is 5.04. The molecule has 2 aromatic heterocycles. The third-order valence-electron chi connectivity index (χ3n) is 5.32. The molecule has 0 radical (unpaired) electrons. The summed E-state index contributed by atoms with van der Waals surface area (Å²) in [4.78, 5) is 7.30. The molecule has 0 saturated carbocycles. The Kier molecular flexibility index (Phi) is 3.60. The zero-order chi connectivity index (χ0) is 16.8. The van der Waals surface area contributed by atoms with Crippen molar-refractivity contribution >= 4 is 16.7 Å². The Labute approximate surface area is 143 Å². The first-order chi connectivity index (χ1) is 11.6. The molecule has 0 amide bonds. The SMILES string of the molecule is Cc1nc2c(c3c(n2-c2ccccc2)CCCC3)c(N(C)C)c1C. The van der Waals surface area contributed by atoms with Gasteiger partial charge in [0.25, 0.3) is 0 Å². The predicted molar refractivity (Wildman–Crippen MR) is 102 cm³/mol. The first-order valence-corrected chi connectivity index (χ1v) is 8.85. The second-order valence-corrected chi connectivity index (χ2v) is 7.07. The van der Waals surface area contributed by atoms with Crippen LogP contribution < -0.4 is 4.90 Å². The Morgan fingerprint density at radius 2 is 1.71 bits per heavy atom. The molecule has 1 aliphatic rings. The summed E-state index contributed by atoms with van der Waals surface area (Å²) >= 11 is 0. The van der Waals surface area contributed by atoms with Crippen molar-refractivity contribution < 1.29 is 0 Å². The standard InChI is InChI=1S/C21H25N3/c1-14-15(2)22-21-19(20(14)23(3)4)17-12-8-9-13-18(17)24(21)16-10-6-5-7-11-16/h5-7,10-11H,8-9,12-13H2,1-4H3. The van der Waals surface area contributed by atoms with E-state index in [2.05, 4.69) is 67.7 Å². The highest BCUT2D eigenvalue weighted by Crippen LogP contribution is 2.40. The van der Waals surface area contributed by atoms with Crippen molar-refractivity contribution in [2.24, 2.45) is 0 Å². The van der Waals surface area contributed by atoms with E-state index in [0.717, 1.165) is 24.2 Å². The minimum atomic E-state index is 1.12. The lowest BCUT2D eigenvalue weighted by Crippen LogP contribution is -2.13. The van der Waals surface area contributed by atoms with Crippen LogP contribution in [0.4, 0.5) is 5.69 Å². The Morgan fingerprint density at radius 3 is 2.42 bits per heavy atom. The van der Waals surface area contributed by atoms with Crippen LogP contribution in [0.3, 0.4) is 0 Å². The summed E-state index contributed by atoms with van der Waals surface area (Å²) in [6.45, 7) is 4.33. The lowest BCUT2D eigenvalue weighted by atomic mass is 9.94. The highest BCUT2D eigenvalue weighted by Gasteiger charge is 2.26. The average Bonchev–Trinajstić information content (AvgIpc) is 2.90. The number of pyridine rings is 1. The van der Waals surface area contributed by atoms with E-state index in [-0.39, 0.29) is 0 Å². The Morgan fingerprint density at radius 1 is 1.00 bits per heavy atom. The van der Waals surface area contributed by atoms with Gasteiger partial charge in [-0.1, -0.05) is 18.2 Å². The third-order valence-corrected chi connectivity index (χ3v) is 5.32. The molecule has 0 aliphatic heterocycles. The van der Waals surface area contributed by atoms with Gasteiger partial charge in [0.15, 0.2) is 0 Å². The summed E-state index contributed by atoms with van der Waals surface area (Å²) in [5.41, 5.74) is 9.09. The zero-order valence-corrected chi connectivity index (χ0v) is 15.1.